The number of H-pyrrole nitrogens is 1. The zero-order valence-electron chi connectivity index (χ0n) is 11.0. The van der Waals surface area contributed by atoms with Gasteiger partial charge in [0.05, 0.1) is 10.9 Å². The first-order valence-corrected chi connectivity index (χ1v) is 6.29. The molecule has 0 saturated carbocycles. The van der Waals surface area contributed by atoms with Gasteiger partial charge in [-0.05, 0) is 37.6 Å². The number of fused-ring (bicyclic) bond motifs is 5. The fourth-order valence-corrected chi connectivity index (χ4v) is 2.43. The molecule has 0 radical (unpaired) electrons. The van der Waals surface area contributed by atoms with Crippen LogP contribution in [-0.4, -0.2) is 24.8 Å². The van der Waals surface area contributed by atoms with Crippen molar-refractivity contribution in [2.75, 3.05) is 0 Å². The van der Waals surface area contributed by atoms with Crippen LogP contribution in [0.3, 0.4) is 0 Å². The first-order chi connectivity index (χ1) is 9.66. The standard InChI is InChI=1S/C14H11N5O/c1-7-6-10-11(12(20)8(7)2)16-17-14-9-4-3-5-15-13(9)18-19(10)14/h3-6H,1-2H3,(H,15,18). The van der Waals surface area contributed by atoms with Crippen LogP contribution in [0.5, 0.6) is 0 Å². The van der Waals surface area contributed by atoms with Gasteiger partial charge >= 0.3 is 0 Å². The van der Waals surface area contributed by atoms with Gasteiger partial charge in [-0.15, -0.1) is 15.3 Å². The van der Waals surface area contributed by atoms with E-state index >= 15 is 0 Å². The molecule has 4 rings (SSSR count). The summed E-state index contributed by atoms with van der Waals surface area (Å²) >= 11 is 0. The van der Waals surface area contributed by atoms with E-state index in [4.69, 9.17) is 0 Å². The topological polar surface area (TPSA) is 75.9 Å². The largest absolute Gasteiger partial charge is 0.345 e. The normalized spacial score (nSPS) is 11.7. The molecule has 3 aromatic heterocycles. The summed E-state index contributed by atoms with van der Waals surface area (Å²) in [5.41, 5.74) is 3.96. The molecule has 0 aliphatic heterocycles. The number of aryl methyl sites for hydroxylation is 1. The maximum atomic E-state index is 12.3. The summed E-state index contributed by atoms with van der Waals surface area (Å²) in [6.07, 6.45) is 1.80. The van der Waals surface area contributed by atoms with Gasteiger partial charge in [-0.25, -0.2) is 4.52 Å². The molecule has 1 aromatic carbocycles. The minimum absolute atomic E-state index is 0.0852. The van der Waals surface area contributed by atoms with Crippen molar-refractivity contribution < 1.29 is 0 Å². The predicted octanol–water partition coefficient (Wildman–Crippen LogP) is 1.74. The number of pyridine rings is 1. The van der Waals surface area contributed by atoms with Gasteiger partial charge in [-0.1, -0.05) is 0 Å². The lowest BCUT2D eigenvalue weighted by atomic mass is 10.1. The van der Waals surface area contributed by atoms with Gasteiger partial charge in [0.15, 0.2) is 16.8 Å². The molecule has 0 bridgehead atoms. The number of hydrogen-bond donors (Lipinski definition) is 1. The van der Waals surface area contributed by atoms with Crippen LogP contribution < -0.4 is 5.43 Å². The Hall–Kier alpha value is -2.76. The number of nitrogens with one attached hydrogen (secondary N) is 1. The van der Waals surface area contributed by atoms with Gasteiger partial charge in [0.2, 0.25) is 5.43 Å². The van der Waals surface area contributed by atoms with Gasteiger partial charge in [0.25, 0.3) is 0 Å². The van der Waals surface area contributed by atoms with Gasteiger partial charge in [-0.2, -0.15) is 0 Å². The second-order valence-corrected chi connectivity index (χ2v) is 4.88. The molecule has 0 fully saturated rings. The van der Waals surface area contributed by atoms with Crippen LogP contribution in [0.4, 0.5) is 0 Å². The first-order valence-electron chi connectivity index (χ1n) is 6.29. The Morgan fingerprint density at radius 2 is 2.10 bits per heavy atom. The summed E-state index contributed by atoms with van der Waals surface area (Å²) in [6.45, 7) is 3.72. The molecular formula is C14H11N5O. The van der Waals surface area contributed by atoms with Crippen LogP contribution in [0.2, 0.25) is 0 Å². The highest BCUT2D eigenvalue weighted by molar-refractivity contribution is 5.92. The molecule has 0 amide bonds. The van der Waals surface area contributed by atoms with Crippen molar-refractivity contribution in [1.29, 1.82) is 0 Å². The van der Waals surface area contributed by atoms with Crippen molar-refractivity contribution in [2.24, 2.45) is 0 Å². The summed E-state index contributed by atoms with van der Waals surface area (Å²) in [4.78, 5) is 15.3. The Labute approximate surface area is 113 Å². The van der Waals surface area contributed by atoms with E-state index in [9.17, 15) is 4.79 Å². The fraction of sp³-hybridized carbons (Fsp3) is 0.143. The molecule has 0 spiro atoms. The number of hydrogen-bond acceptors (Lipinski definition) is 4. The maximum absolute atomic E-state index is 12.3. The van der Waals surface area contributed by atoms with Crippen LogP contribution in [-0.2, 0) is 0 Å². The second kappa shape index (κ2) is 3.63. The van der Waals surface area contributed by atoms with Crippen molar-refractivity contribution in [3.63, 3.8) is 0 Å². The molecule has 0 unspecified atom stereocenters. The van der Waals surface area contributed by atoms with E-state index in [1.54, 1.807) is 17.6 Å². The third-order valence-electron chi connectivity index (χ3n) is 3.69. The molecule has 4 aromatic rings. The van der Waals surface area contributed by atoms with Crippen molar-refractivity contribution >= 4 is 27.7 Å². The van der Waals surface area contributed by atoms with Gasteiger partial charge in [0, 0.05) is 11.8 Å². The monoisotopic (exact) mass is 265 g/mol. The van der Waals surface area contributed by atoms with E-state index < -0.39 is 0 Å². The van der Waals surface area contributed by atoms with Crippen molar-refractivity contribution in [3.8, 4) is 0 Å². The molecule has 1 N–H and O–H groups in total. The average Bonchev–Trinajstić information content (AvgIpc) is 2.84. The van der Waals surface area contributed by atoms with Crippen LogP contribution >= 0.6 is 0 Å². The second-order valence-electron chi connectivity index (χ2n) is 4.88. The van der Waals surface area contributed by atoms with E-state index in [-0.39, 0.29) is 5.43 Å². The van der Waals surface area contributed by atoms with Gasteiger partial charge < -0.3 is 4.98 Å². The molecule has 6 nitrogen and oxygen atoms in total. The minimum Gasteiger partial charge on any atom is -0.345 e. The number of aromatic amines is 1. The smallest absolute Gasteiger partial charge is 0.211 e. The van der Waals surface area contributed by atoms with Crippen molar-refractivity contribution in [1.82, 2.24) is 24.8 Å². The van der Waals surface area contributed by atoms with Gasteiger partial charge in [-0.3, -0.25) is 4.79 Å². The van der Waals surface area contributed by atoms with E-state index in [1.165, 1.54) is 0 Å². The quantitative estimate of drug-likeness (QED) is 0.525. The van der Waals surface area contributed by atoms with E-state index in [0.717, 1.165) is 16.6 Å². The van der Waals surface area contributed by atoms with E-state index in [2.05, 4.69) is 20.3 Å². The molecule has 0 atom stereocenters. The van der Waals surface area contributed by atoms with Crippen LogP contribution in [0.15, 0.2) is 29.2 Å². The van der Waals surface area contributed by atoms with E-state index in [0.29, 0.717) is 22.2 Å². The zero-order valence-corrected chi connectivity index (χ0v) is 11.0. The number of benzene rings is 1. The maximum Gasteiger partial charge on any atom is 0.211 e. The third-order valence-corrected chi connectivity index (χ3v) is 3.69. The highest BCUT2D eigenvalue weighted by Crippen LogP contribution is 2.19. The zero-order chi connectivity index (χ0) is 13.9. The highest BCUT2D eigenvalue weighted by Gasteiger charge is 2.14. The Bertz CT molecular complexity index is 1040. The molecule has 0 aliphatic carbocycles. The minimum atomic E-state index is -0.0852. The SMILES string of the molecule is Cc1cc2c(nnc3c4ccc[nH]c4nn23)c(=O)c1C. The molecular weight excluding hydrogens is 254 g/mol. The Morgan fingerprint density at radius 1 is 1.25 bits per heavy atom. The molecule has 3 heterocycles. The Morgan fingerprint density at radius 3 is 2.95 bits per heavy atom. The van der Waals surface area contributed by atoms with E-state index in [1.807, 2.05) is 25.1 Å². The van der Waals surface area contributed by atoms with Crippen LogP contribution in [0.25, 0.3) is 27.7 Å². The average molecular weight is 265 g/mol. The van der Waals surface area contributed by atoms with Crippen LogP contribution in [0, 0.1) is 13.8 Å². The summed E-state index contributed by atoms with van der Waals surface area (Å²) in [5.74, 6) is 0. The molecule has 0 saturated heterocycles. The molecule has 6 heteroatoms. The summed E-state index contributed by atoms with van der Waals surface area (Å²) in [6, 6.07) is 5.74. The molecule has 20 heavy (non-hydrogen) atoms. The van der Waals surface area contributed by atoms with Gasteiger partial charge in [0.1, 0.15) is 0 Å². The lowest BCUT2D eigenvalue weighted by Gasteiger charge is -2.03. The number of nitrogens with zero attached hydrogens (tertiary/aromatic N) is 4. The summed E-state index contributed by atoms with van der Waals surface area (Å²) < 4.78 is 1.68. The first kappa shape index (κ1) is 11.1. The van der Waals surface area contributed by atoms with Crippen LogP contribution in [0.1, 0.15) is 11.1 Å². The fourth-order valence-electron chi connectivity index (χ4n) is 2.43. The predicted molar refractivity (Wildman–Crippen MR) is 75.9 cm³/mol. The highest BCUT2D eigenvalue weighted by atomic mass is 16.1. The summed E-state index contributed by atoms with van der Waals surface area (Å²) in [7, 11) is 0. The lowest BCUT2D eigenvalue weighted by Crippen LogP contribution is -2.12. The van der Waals surface area contributed by atoms with Crippen molar-refractivity contribution in [3.05, 3.63) is 45.7 Å². The third kappa shape index (κ3) is 1.27. The molecule has 0 aliphatic rings. The Balaban J connectivity index is 2.33. The number of rotatable bonds is 0. The Kier molecular flexibility index (Phi) is 2.01. The lowest BCUT2D eigenvalue weighted by molar-refractivity contribution is 0.945. The number of aromatic nitrogens is 5. The molecule has 98 valence electrons. The van der Waals surface area contributed by atoms with Crippen molar-refractivity contribution in [2.45, 2.75) is 13.8 Å². The summed E-state index contributed by atoms with van der Waals surface area (Å²) in [5, 5.41) is 13.6.